The molecule has 4 rings (SSSR count). The van der Waals surface area contributed by atoms with E-state index in [1.54, 1.807) is 6.20 Å². The molecule has 3 heterocycles. The molecule has 1 aliphatic rings. The van der Waals surface area contributed by atoms with E-state index in [-0.39, 0.29) is 6.09 Å². The molecule has 0 saturated heterocycles. The second kappa shape index (κ2) is 8.68. The van der Waals surface area contributed by atoms with E-state index >= 15 is 0 Å². The summed E-state index contributed by atoms with van der Waals surface area (Å²) in [7, 11) is 1.38. The van der Waals surface area contributed by atoms with Gasteiger partial charge in [0.25, 0.3) is 0 Å². The third kappa shape index (κ3) is 4.33. The minimum atomic E-state index is -0.375. The molecule has 0 unspecified atom stereocenters. The number of hydrogen-bond donors (Lipinski definition) is 2. The highest BCUT2D eigenvalue weighted by Crippen LogP contribution is 2.34. The summed E-state index contributed by atoms with van der Waals surface area (Å²) < 4.78 is 6.50. The zero-order valence-electron chi connectivity index (χ0n) is 18.1. The van der Waals surface area contributed by atoms with Gasteiger partial charge in [0.2, 0.25) is 0 Å². The summed E-state index contributed by atoms with van der Waals surface area (Å²) in [4.78, 5) is 16.0. The summed E-state index contributed by atoms with van der Waals surface area (Å²) in [5.74, 6) is 3.43. The summed E-state index contributed by atoms with van der Waals surface area (Å²) in [6.45, 7) is 4.98. The van der Waals surface area contributed by atoms with Crippen molar-refractivity contribution in [2.45, 2.75) is 38.6 Å². The van der Waals surface area contributed by atoms with Gasteiger partial charge in [0, 0.05) is 30.0 Å². The van der Waals surface area contributed by atoms with Crippen molar-refractivity contribution in [1.82, 2.24) is 19.9 Å². The molecule has 3 aromatic heterocycles. The molecule has 1 fully saturated rings. The lowest BCUT2D eigenvalue weighted by molar-refractivity contribution is 0.164. The maximum absolute atomic E-state index is 11.3. The number of nitrogens with one attached hydrogen (secondary N) is 2. The second-order valence-electron chi connectivity index (χ2n) is 8.31. The number of anilines is 1. The number of methoxy groups -OCH3 is 1. The Hall–Kier alpha value is -3.53. The number of ether oxygens (including phenoxy) is 1. The van der Waals surface area contributed by atoms with Crippen LogP contribution in [-0.4, -0.2) is 40.4 Å². The van der Waals surface area contributed by atoms with Crippen LogP contribution in [0.5, 0.6) is 0 Å². The van der Waals surface area contributed by atoms with E-state index in [2.05, 4.69) is 46.3 Å². The highest BCUT2D eigenvalue weighted by Gasteiger charge is 2.30. The van der Waals surface area contributed by atoms with Crippen molar-refractivity contribution in [2.24, 2.45) is 5.92 Å². The molecule has 3 aromatic rings. The Bertz CT molecular complexity index is 1140. The highest BCUT2D eigenvalue weighted by atomic mass is 16.5. The number of fused-ring (bicyclic) bond motifs is 1. The normalized spacial score (nSPS) is 17.8. The van der Waals surface area contributed by atoms with Crippen molar-refractivity contribution in [3.8, 4) is 23.7 Å². The van der Waals surface area contributed by atoms with E-state index in [0.717, 1.165) is 41.0 Å². The summed E-state index contributed by atoms with van der Waals surface area (Å²) in [6.07, 6.45) is 10.8. The molecule has 7 nitrogen and oxygen atoms in total. The van der Waals surface area contributed by atoms with Gasteiger partial charge < -0.3 is 15.4 Å². The van der Waals surface area contributed by atoms with Crippen LogP contribution in [0.25, 0.3) is 16.9 Å². The van der Waals surface area contributed by atoms with Crippen LogP contribution in [0.4, 0.5) is 10.5 Å². The lowest BCUT2D eigenvalue weighted by Gasteiger charge is -2.37. The SMILES string of the molecule is C#Cc1cnn2c(-c3cc(N[C@H]4C[C@H](CNC(=O)OC)C4)c(C(C)C)cn3)ccc2c1. The van der Waals surface area contributed by atoms with E-state index in [0.29, 0.717) is 24.4 Å². The third-order valence-corrected chi connectivity index (χ3v) is 5.80. The van der Waals surface area contributed by atoms with Crippen LogP contribution in [0.1, 0.15) is 43.7 Å². The molecule has 1 amide bonds. The Balaban J connectivity index is 1.53. The summed E-state index contributed by atoms with van der Waals surface area (Å²) in [5, 5.41) is 11.0. The van der Waals surface area contributed by atoms with E-state index in [1.165, 1.54) is 12.7 Å². The summed E-state index contributed by atoms with van der Waals surface area (Å²) >= 11 is 0. The molecule has 160 valence electrons. The van der Waals surface area contributed by atoms with Gasteiger partial charge in [0.05, 0.1) is 30.2 Å². The van der Waals surface area contributed by atoms with Gasteiger partial charge >= 0.3 is 6.09 Å². The lowest BCUT2D eigenvalue weighted by atomic mass is 9.80. The maximum Gasteiger partial charge on any atom is 0.406 e. The molecule has 7 heteroatoms. The third-order valence-electron chi connectivity index (χ3n) is 5.80. The lowest BCUT2D eigenvalue weighted by Crippen LogP contribution is -2.42. The van der Waals surface area contributed by atoms with Crippen molar-refractivity contribution in [2.75, 3.05) is 19.0 Å². The molecule has 0 radical (unpaired) electrons. The number of amides is 1. The molecule has 2 N–H and O–H groups in total. The van der Waals surface area contributed by atoms with Gasteiger partial charge in [-0.25, -0.2) is 9.31 Å². The minimum absolute atomic E-state index is 0.348. The molecular formula is C24H27N5O2. The van der Waals surface area contributed by atoms with E-state index in [1.807, 2.05) is 28.9 Å². The van der Waals surface area contributed by atoms with Gasteiger partial charge in [-0.3, -0.25) is 4.98 Å². The number of carbonyl (C=O) groups excluding carboxylic acids is 1. The fourth-order valence-corrected chi connectivity index (χ4v) is 4.00. The average molecular weight is 418 g/mol. The Morgan fingerprint density at radius 1 is 1.32 bits per heavy atom. The smallest absolute Gasteiger partial charge is 0.406 e. The van der Waals surface area contributed by atoms with Crippen LogP contribution >= 0.6 is 0 Å². The number of terminal acetylenes is 1. The van der Waals surface area contributed by atoms with Gasteiger partial charge in [-0.1, -0.05) is 19.8 Å². The average Bonchev–Trinajstić information content (AvgIpc) is 3.17. The van der Waals surface area contributed by atoms with Gasteiger partial charge in [-0.2, -0.15) is 5.10 Å². The largest absolute Gasteiger partial charge is 0.453 e. The van der Waals surface area contributed by atoms with Crippen molar-refractivity contribution in [1.29, 1.82) is 0 Å². The predicted octanol–water partition coefficient (Wildman–Crippen LogP) is 4.05. The zero-order valence-corrected chi connectivity index (χ0v) is 18.1. The van der Waals surface area contributed by atoms with Crippen LogP contribution in [0, 0.1) is 18.3 Å². The fourth-order valence-electron chi connectivity index (χ4n) is 4.00. The van der Waals surface area contributed by atoms with Crippen molar-refractivity contribution in [3.63, 3.8) is 0 Å². The van der Waals surface area contributed by atoms with Crippen LogP contribution < -0.4 is 10.6 Å². The first-order chi connectivity index (χ1) is 15.0. The molecule has 0 atom stereocenters. The molecule has 0 aliphatic heterocycles. The number of pyridine rings is 1. The Labute approximate surface area is 182 Å². The predicted molar refractivity (Wildman–Crippen MR) is 121 cm³/mol. The van der Waals surface area contributed by atoms with Crippen molar-refractivity contribution >= 4 is 17.3 Å². The molecular weight excluding hydrogens is 390 g/mol. The number of rotatable bonds is 6. The zero-order chi connectivity index (χ0) is 22.0. The molecule has 0 aromatic carbocycles. The summed E-state index contributed by atoms with van der Waals surface area (Å²) in [5.41, 5.74) is 5.75. The first-order valence-corrected chi connectivity index (χ1v) is 10.5. The number of carbonyl (C=O) groups is 1. The number of nitrogens with zero attached hydrogens (tertiary/aromatic N) is 3. The maximum atomic E-state index is 11.3. The van der Waals surface area contributed by atoms with E-state index in [9.17, 15) is 4.79 Å². The topological polar surface area (TPSA) is 80.5 Å². The van der Waals surface area contributed by atoms with E-state index in [4.69, 9.17) is 11.4 Å². The van der Waals surface area contributed by atoms with Crippen LogP contribution in [0.3, 0.4) is 0 Å². The van der Waals surface area contributed by atoms with Gasteiger partial charge in [0.1, 0.15) is 0 Å². The minimum Gasteiger partial charge on any atom is -0.453 e. The molecule has 1 saturated carbocycles. The Morgan fingerprint density at radius 3 is 2.84 bits per heavy atom. The molecule has 0 bridgehead atoms. The number of aromatic nitrogens is 3. The van der Waals surface area contributed by atoms with Gasteiger partial charge in [0.15, 0.2) is 0 Å². The molecule has 31 heavy (non-hydrogen) atoms. The summed E-state index contributed by atoms with van der Waals surface area (Å²) in [6, 6.07) is 8.43. The van der Waals surface area contributed by atoms with Crippen molar-refractivity contribution in [3.05, 3.63) is 47.8 Å². The van der Waals surface area contributed by atoms with Crippen molar-refractivity contribution < 1.29 is 9.53 Å². The van der Waals surface area contributed by atoms with Gasteiger partial charge in [-0.15, -0.1) is 6.42 Å². The fraction of sp³-hybridized carbons (Fsp3) is 0.375. The first-order valence-electron chi connectivity index (χ1n) is 10.5. The Morgan fingerprint density at radius 2 is 2.13 bits per heavy atom. The Kier molecular flexibility index (Phi) is 5.81. The standard InChI is InChI=1S/C24H27N5O2/c1-5-16-10-19-6-7-23(29(19)27-13-16)22-11-21(20(14-25-22)15(2)3)28-18-8-17(9-18)12-26-24(30)31-4/h1,6-7,10-11,13-15,17-18H,8-9,12H2,2-4H3,(H,25,28)(H,26,30)/t17-,18-. The highest BCUT2D eigenvalue weighted by molar-refractivity contribution is 5.69. The molecule has 0 spiro atoms. The second-order valence-corrected chi connectivity index (χ2v) is 8.31. The quantitative estimate of drug-likeness (QED) is 0.592. The number of hydrogen-bond acceptors (Lipinski definition) is 5. The van der Waals surface area contributed by atoms with Gasteiger partial charge in [-0.05, 0) is 54.5 Å². The molecule has 1 aliphatic carbocycles. The van der Waals surface area contributed by atoms with E-state index < -0.39 is 0 Å². The van der Waals surface area contributed by atoms with Crippen LogP contribution in [-0.2, 0) is 4.74 Å². The van der Waals surface area contributed by atoms with Crippen LogP contribution in [0.2, 0.25) is 0 Å². The van der Waals surface area contributed by atoms with Crippen LogP contribution in [0.15, 0.2) is 36.7 Å². The first kappa shape index (κ1) is 20.7. The monoisotopic (exact) mass is 417 g/mol. The number of alkyl carbamates (subject to hydrolysis) is 1.